The third-order valence-electron chi connectivity index (χ3n) is 4.54. The van der Waals surface area contributed by atoms with E-state index in [4.69, 9.17) is 10.5 Å². The molecule has 26 heavy (non-hydrogen) atoms. The summed E-state index contributed by atoms with van der Waals surface area (Å²) in [6.07, 6.45) is 19.7. The SMILES string of the molecule is C#C.CC.CCCC(C)(CN)OCC1CCNCC1.CCCCCCC. The van der Waals surface area contributed by atoms with E-state index in [0.717, 1.165) is 38.5 Å². The first kappa shape index (κ1) is 30.2. The lowest BCUT2D eigenvalue weighted by Crippen LogP contribution is -2.40. The van der Waals surface area contributed by atoms with E-state index in [0.29, 0.717) is 6.54 Å². The summed E-state index contributed by atoms with van der Waals surface area (Å²) in [5.41, 5.74) is 5.67. The van der Waals surface area contributed by atoms with Gasteiger partial charge in [0, 0.05) is 6.54 Å². The fraction of sp³-hybridized carbons (Fsp3) is 0.913. The summed E-state index contributed by atoms with van der Waals surface area (Å²) in [5, 5.41) is 3.37. The highest BCUT2D eigenvalue weighted by atomic mass is 16.5. The molecule has 0 aromatic carbocycles. The summed E-state index contributed by atoms with van der Waals surface area (Å²) < 4.78 is 6.01. The molecule has 1 fully saturated rings. The Bertz CT molecular complexity index is 258. The van der Waals surface area contributed by atoms with Crippen molar-refractivity contribution in [1.82, 2.24) is 5.32 Å². The van der Waals surface area contributed by atoms with Gasteiger partial charge in [-0.1, -0.05) is 73.1 Å². The standard InChI is InChI=1S/C12H26N2O.C7H16.C2H6.C2H2/c1-3-6-12(2,10-13)15-9-11-4-7-14-8-5-11;1-3-5-7-6-4-2;2*1-2/h11,14H,3-10,13H2,1-2H3;3-7H2,1-2H3;1-2H3;1-2H. The third-order valence-corrected chi connectivity index (χ3v) is 4.54. The number of unbranched alkanes of at least 4 members (excludes halogenated alkanes) is 4. The summed E-state index contributed by atoms with van der Waals surface area (Å²) in [6.45, 7) is 16.6. The maximum Gasteiger partial charge on any atom is 0.0776 e. The Hall–Kier alpha value is -0.560. The molecule has 1 atom stereocenters. The molecule has 1 saturated heterocycles. The summed E-state index contributed by atoms with van der Waals surface area (Å²) >= 11 is 0. The molecule has 0 radical (unpaired) electrons. The van der Waals surface area contributed by atoms with Gasteiger partial charge in [0.15, 0.2) is 0 Å². The Balaban J connectivity index is -0.000000405. The second-order valence-corrected chi connectivity index (χ2v) is 6.97. The molecule has 1 unspecified atom stereocenters. The van der Waals surface area contributed by atoms with Crippen molar-refractivity contribution >= 4 is 0 Å². The zero-order valence-electron chi connectivity index (χ0n) is 18.9. The van der Waals surface area contributed by atoms with Crippen LogP contribution in [0.5, 0.6) is 0 Å². The Morgan fingerprint density at radius 3 is 1.85 bits per heavy atom. The molecule has 0 aromatic heterocycles. The molecular formula is C23H50N2O. The van der Waals surface area contributed by atoms with Gasteiger partial charge >= 0.3 is 0 Å². The van der Waals surface area contributed by atoms with Gasteiger partial charge in [-0.05, 0) is 45.2 Å². The first-order valence-electron chi connectivity index (χ1n) is 11.0. The summed E-state index contributed by atoms with van der Waals surface area (Å²) in [4.78, 5) is 0. The lowest BCUT2D eigenvalue weighted by Gasteiger charge is -2.31. The normalized spacial score (nSPS) is 15.9. The number of piperidine rings is 1. The van der Waals surface area contributed by atoms with E-state index in [1.165, 1.54) is 44.9 Å². The topological polar surface area (TPSA) is 47.3 Å². The van der Waals surface area contributed by atoms with Crippen LogP contribution in [0.1, 0.15) is 99.3 Å². The largest absolute Gasteiger partial charge is 0.374 e. The van der Waals surface area contributed by atoms with E-state index in [1.807, 2.05) is 13.8 Å². The summed E-state index contributed by atoms with van der Waals surface area (Å²) in [6, 6.07) is 0. The predicted molar refractivity (Wildman–Crippen MR) is 120 cm³/mol. The third kappa shape index (κ3) is 19.8. The van der Waals surface area contributed by atoms with Crippen LogP contribution in [0.25, 0.3) is 0 Å². The van der Waals surface area contributed by atoms with Crippen molar-refractivity contribution in [3.8, 4) is 12.8 Å². The van der Waals surface area contributed by atoms with Crippen LogP contribution in [-0.2, 0) is 4.74 Å². The second kappa shape index (κ2) is 24.4. The number of hydrogen-bond acceptors (Lipinski definition) is 3. The average Bonchev–Trinajstić information content (AvgIpc) is 2.71. The molecule has 0 saturated carbocycles. The zero-order valence-corrected chi connectivity index (χ0v) is 18.9. The second-order valence-electron chi connectivity index (χ2n) is 6.97. The van der Waals surface area contributed by atoms with Crippen LogP contribution in [0.4, 0.5) is 0 Å². The molecule has 1 aliphatic rings. The van der Waals surface area contributed by atoms with Gasteiger partial charge in [-0.15, -0.1) is 12.8 Å². The molecular weight excluding hydrogens is 320 g/mol. The number of hydrogen-bond donors (Lipinski definition) is 2. The van der Waals surface area contributed by atoms with Crippen molar-refractivity contribution in [3.05, 3.63) is 0 Å². The molecule has 0 amide bonds. The molecule has 0 spiro atoms. The molecule has 0 bridgehead atoms. The number of nitrogens with one attached hydrogen (secondary N) is 1. The Kier molecular flexibility index (Phi) is 28.4. The molecule has 1 heterocycles. The van der Waals surface area contributed by atoms with Crippen molar-refractivity contribution in [2.24, 2.45) is 11.7 Å². The van der Waals surface area contributed by atoms with E-state index in [-0.39, 0.29) is 5.60 Å². The van der Waals surface area contributed by atoms with Gasteiger partial charge in [-0.3, -0.25) is 0 Å². The van der Waals surface area contributed by atoms with Gasteiger partial charge < -0.3 is 15.8 Å². The van der Waals surface area contributed by atoms with E-state index in [2.05, 4.69) is 45.9 Å². The van der Waals surface area contributed by atoms with Gasteiger partial charge in [0.2, 0.25) is 0 Å². The van der Waals surface area contributed by atoms with Crippen LogP contribution in [0.15, 0.2) is 0 Å². The number of terminal acetylenes is 1. The van der Waals surface area contributed by atoms with Crippen molar-refractivity contribution in [2.75, 3.05) is 26.2 Å². The smallest absolute Gasteiger partial charge is 0.0776 e. The van der Waals surface area contributed by atoms with Crippen LogP contribution in [0, 0.1) is 18.8 Å². The van der Waals surface area contributed by atoms with Crippen molar-refractivity contribution < 1.29 is 4.74 Å². The maximum atomic E-state index is 6.01. The molecule has 1 rings (SSSR count). The van der Waals surface area contributed by atoms with Gasteiger partial charge in [0.25, 0.3) is 0 Å². The minimum atomic E-state index is -0.0976. The highest BCUT2D eigenvalue weighted by Crippen LogP contribution is 2.20. The van der Waals surface area contributed by atoms with Crippen LogP contribution < -0.4 is 11.1 Å². The van der Waals surface area contributed by atoms with E-state index >= 15 is 0 Å². The molecule has 0 aromatic rings. The van der Waals surface area contributed by atoms with Crippen LogP contribution in [0.3, 0.4) is 0 Å². The Morgan fingerprint density at radius 1 is 0.962 bits per heavy atom. The van der Waals surface area contributed by atoms with Gasteiger partial charge in [-0.2, -0.15) is 0 Å². The van der Waals surface area contributed by atoms with E-state index < -0.39 is 0 Å². The minimum absolute atomic E-state index is 0.0976. The van der Waals surface area contributed by atoms with Gasteiger partial charge in [0.1, 0.15) is 0 Å². The first-order chi connectivity index (χ1) is 12.6. The molecule has 1 aliphatic heterocycles. The monoisotopic (exact) mass is 370 g/mol. The van der Waals surface area contributed by atoms with Crippen molar-refractivity contribution in [1.29, 1.82) is 0 Å². The molecule has 158 valence electrons. The van der Waals surface area contributed by atoms with E-state index in [1.54, 1.807) is 0 Å². The fourth-order valence-corrected chi connectivity index (χ4v) is 2.81. The molecule has 0 aliphatic carbocycles. The lowest BCUT2D eigenvalue weighted by atomic mass is 9.97. The lowest BCUT2D eigenvalue weighted by molar-refractivity contribution is -0.0512. The van der Waals surface area contributed by atoms with Crippen LogP contribution in [-0.4, -0.2) is 31.8 Å². The van der Waals surface area contributed by atoms with Crippen LogP contribution in [0.2, 0.25) is 0 Å². The molecule has 3 heteroatoms. The Morgan fingerprint density at radius 2 is 1.46 bits per heavy atom. The Labute approximate surface area is 166 Å². The summed E-state index contributed by atoms with van der Waals surface area (Å²) in [7, 11) is 0. The average molecular weight is 371 g/mol. The molecule has 3 N–H and O–H groups in total. The quantitative estimate of drug-likeness (QED) is 0.379. The fourth-order valence-electron chi connectivity index (χ4n) is 2.81. The van der Waals surface area contributed by atoms with Crippen molar-refractivity contribution in [2.45, 2.75) is 105 Å². The maximum absolute atomic E-state index is 6.01. The highest BCUT2D eigenvalue weighted by Gasteiger charge is 2.24. The van der Waals surface area contributed by atoms with E-state index in [9.17, 15) is 0 Å². The predicted octanol–water partition coefficient (Wildman–Crippen LogP) is 5.77. The van der Waals surface area contributed by atoms with Crippen LogP contribution >= 0.6 is 0 Å². The minimum Gasteiger partial charge on any atom is -0.374 e. The van der Waals surface area contributed by atoms with Gasteiger partial charge in [0.05, 0.1) is 12.2 Å². The zero-order chi connectivity index (χ0) is 20.7. The van der Waals surface area contributed by atoms with Crippen molar-refractivity contribution in [3.63, 3.8) is 0 Å². The number of rotatable bonds is 10. The number of ether oxygens (including phenoxy) is 1. The van der Waals surface area contributed by atoms with Gasteiger partial charge in [-0.25, -0.2) is 0 Å². The number of nitrogens with two attached hydrogens (primary N) is 1. The first-order valence-corrected chi connectivity index (χ1v) is 11.0. The molecule has 3 nitrogen and oxygen atoms in total. The highest BCUT2D eigenvalue weighted by molar-refractivity contribution is 4.77. The summed E-state index contributed by atoms with van der Waals surface area (Å²) in [5.74, 6) is 0.731.